The van der Waals surface area contributed by atoms with E-state index in [4.69, 9.17) is 4.74 Å². The predicted octanol–water partition coefficient (Wildman–Crippen LogP) is -0.835. The van der Waals surface area contributed by atoms with Gasteiger partial charge in [-0.2, -0.15) is 0 Å². The molecule has 0 bridgehead atoms. The van der Waals surface area contributed by atoms with Crippen molar-refractivity contribution in [3.05, 3.63) is 0 Å². The van der Waals surface area contributed by atoms with Crippen molar-refractivity contribution in [2.75, 3.05) is 11.5 Å². The summed E-state index contributed by atoms with van der Waals surface area (Å²) in [6, 6.07) is 0. The van der Waals surface area contributed by atoms with Gasteiger partial charge in [0.25, 0.3) is 0 Å². The maximum absolute atomic E-state index is 11.8. The second-order valence-electron chi connectivity index (χ2n) is 6.71. The minimum Gasteiger partial charge on any atom is -0.748 e. The number of unbranched alkanes of at least 4 members (excludes halogenated alkanes) is 8. The van der Waals surface area contributed by atoms with Crippen molar-refractivity contribution in [1.82, 2.24) is 0 Å². The standard InChI is InChI=1S/C16H30O7S2.Na/c1-2-3-4-5-6-7-8-9-10-11-16(17)23-14-12-24(18,19)13-15(14)25(20,21)22;/h14-15H,2-13H2,1H3,(H,20,21,22);/q;+1/p-1. The second kappa shape index (κ2) is 12.7. The summed E-state index contributed by atoms with van der Waals surface area (Å²) in [5.74, 6) is -2.00. The Bertz CT molecular complexity index is 617. The molecule has 0 saturated carbocycles. The van der Waals surface area contributed by atoms with E-state index < -0.39 is 48.8 Å². The second-order valence-corrected chi connectivity index (χ2v) is 10.5. The Kier molecular flexibility index (Phi) is 12.9. The van der Waals surface area contributed by atoms with Gasteiger partial charge in [0, 0.05) is 6.42 Å². The summed E-state index contributed by atoms with van der Waals surface area (Å²) < 4.78 is 61.4. The van der Waals surface area contributed by atoms with Crippen molar-refractivity contribution in [3.63, 3.8) is 0 Å². The molecule has 0 radical (unpaired) electrons. The van der Waals surface area contributed by atoms with Gasteiger partial charge in [0.2, 0.25) is 0 Å². The van der Waals surface area contributed by atoms with Crippen LogP contribution in [0, 0.1) is 0 Å². The Morgan fingerprint density at radius 2 is 1.50 bits per heavy atom. The molecule has 2 atom stereocenters. The fourth-order valence-corrected chi connectivity index (χ4v) is 6.56. The van der Waals surface area contributed by atoms with Crippen molar-refractivity contribution >= 4 is 25.9 Å². The zero-order chi connectivity index (χ0) is 18.9. The number of rotatable bonds is 12. The third-order valence-electron chi connectivity index (χ3n) is 4.39. The fourth-order valence-electron chi connectivity index (χ4n) is 2.97. The molecule has 1 saturated heterocycles. The van der Waals surface area contributed by atoms with Crippen LogP contribution in [0.4, 0.5) is 0 Å². The molecule has 1 aliphatic heterocycles. The van der Waals surface area contributed by atoms with Gasteiger partial charge in [0.05, 0.1) is 11.5 Å². The quantitative estimate of drug-likeness (QED) is 0.175. The van der Waals surface area contributed by atoms with Gasteiger partial charge in [-0.25, -0.2) is 16.8 Å². The topological polar surface area (TPSA) is 118 Å². The third-order valence-corrected chi connectivity index (χ3v) is 7.52. The monoisotopic (exact) mass is 420 g/mol. The molecule has 0 spiro atoms. The molecule has 2 unspecified atom stereocenters. The molecule has 1 rings (SSSR count). The first-order valence-electron chi connectivity index (χ1n) is 9.00. The molecule has 0 N–H and O–H groups in total. The molecular formula is C16H29NaO7S2. The first-order valence-corrected chi connectivity index (χ1v) is 12.3. The third kappa shape index (κ3) is 10.6. The van der Waals surface area contributed by atoms with Crippen LogP contribution in [0.3, 0.4) is 0 Å². The van der Waals surface area contributed by atoms with Crippen LogP contribution in [-0.2, 0) is 29.5 Å². The molecule has 10 heteroatoms. The molecule has 0 aliphatic carbocycles. The van der Waals surface area contributed by atoms with Gasteiger partial charge in [-0.05, 0) is 6.42 Å². The van der Waals surface area contributed by atoms with Crippen LogP contribution >= 0.6 is 0 Å². The van der Waals surface area contributed by atoms with E-state index in [9.17, 15) is 26.2 Å². The largest absolute Gasteiger partial charge is 1.00 e. The maximum Gasteiger partial charge on any atom is 1.00 e. The smallest absolute Gasteiger partial charge is 0.748 e. The molecule has 1 aliphatic rings. The summed E-state index contributed by atoms with van der Waals surface area (Å²) in [4.78, 5) is 11.8. The Morgan fingerprint density at radius 3 is 2.00 bits per heavy atom. The van der Waals surface area contributed by atoms with E-state index in [-0.39, 0.29) is 36.0 Å². The molecule has 0 amide bonds. The van der Waals surface area contributed by atoms with Crippen LogP contribution in [0.2, 0.25) is 0 Å². The molecule has 26 heavy (non-hydrogen) atoms. The molecular weight excluding hydrogens is 391 g/mol. The fraction of sp³-hybridized carbons (Fsp3) is 0.938. The zero-order valence-electron chi connectivity index (χ0n) is 15.8. The van der Waals surface area contributed by atoms with Crippen molar-refractivity contribution < 1.29 is 60.5 Å². The summed E-state index contributed by atoms with van der Waals surface area (Å²) in [5, 5.41) is -1.69. The van der Waals surface area contributed by atoms with E-state index in [1.165, 1.54) is 32.1 Å². The van der Waals surface area contributed by atoms with Crippen LogP contribution in [0.25, 0.3) is 0 Å². The molecule has 148 valence electrons. The molecule has 1 heterocycles. The van der Waals surface area contributed by atoms with Crippen molar-refractivity contribution in [1.29, 1.82) is 0 Å². The van der Waals surface area contributed by atoms with E-state index in [0.29, 0.717) is 6.42 Å². The Labute approximate surface area is 179 Å². The predicted molar refractivity (Wildman–Crippen MR) is 93.9 cm³/mol. The molecule has 0 aromatic heterocycles. The summed E-state index contributed by atoms with van der Waals surface area (Å²) in [6.07, 6.45) is 8.53. The Morgan fingerprint density at radius 1 is 1.00 bits per heavy atom. The molecule has 1 fully saturated rings. The summed E-state index contributed by atoms with van der Waals surface area (Å²) in [7, 11) is -8.49. The van der Waals surface area contributed by atoms with E-state index in [0.717, 1.165) is 19.3 Å². The number of hydrogen-bond acceptors (Lipinski definition) is 7. The van der Waals surface area contributed by atoms with Crippen LogP contribution in [0.15, 0.2) is 0 Å². The van der Waals surface area contributed by atoms with Crippen molar-refractivity contribution in [2.24, 2.45) is 0 Å². The SMILES string of the molecule is CCCCCCCCCCCC(=O)OC1CS(=O)(=O)CC1S(=O)(=O)[O-].[Na+]. The zero-order valence-corrected chi connectivity index (χ0v) is 19.4. The van der Waals surface area contributed by atoms with Gasteiger partial charge in [-0.1, -0.05) is 58.3 Å². The van der Waals surface area contributed by atoms with Crippen molar-refractivity contribution in [3.8, 4) is 0 Å². The van der Waals surface area contributed by atoms with Gasteiger partial charge in [-0.15, -0.1) is 0 Å². The van der Waals surface area contributed by atoms with Gasteiger partial charge in [-0.3, -0.25) is 4.79 Å². The van der Waals surface area contributed by atoms with Crippen LogP contribution in [0.1, 0.15) is 71.1 Å². The first kappa shape index (κ1) is 26.3. The van der Waals surface area contributed by atoms with Gasteiger partial charge < -0.3 is 9.29 Å². The molecule has 7 nitrogen and oxygen atoms in total. The van der Waals surface area contributed by atoms with E-state index in [1.54, 1.807) is 0 Å². The minimum atomic E-state index is -4.82. The normalized spacial score (nSPS) is 21.9. The summed E-state index contributed by atoms with van der Waals surface area (Å²) >= 11 is 0. The van der Waals surface area contributed by atoms with E-state index in [2.05, 4.69) is 6.92 Å². The van der Waals surface area contributed by atoms with E-state index in [1.807, 2.05) is 0 Å². The maximum atomic E-state index is 11.8. The van der Waals surface area contributed by atoms with Crippen LogP contribution in [0.5, 0.6) is 0 Å². The number of esters is 1. The van der Waals surface area contributed by atoms with Crippen LogP contribution < -0.4 is 29.6 Å². The number of hydrogen-bond donors (Lipinski definition) is 0. The average Bonchev–Trinajstić information content (AvgIpc) is 2.80. The Hall–Kier alpha value is 0.330. The summed E-state index contributed by atoms with van der Waals surface area (Å²) in [5.41, 5.74) is 0. The van der Waals surface area contributed by atoms with Gasteiger partial charge in [0.15, 0.2) is 9.84 Å². The first-order chi connectivity index (χ1) is 11.7. The minimum absolute atomic E-state index is 0. The number of carbonyl (C=O) groups is 1. The van der Waals surface area contributed by atoms with E-state index >= 15 is 0 Å². The molecule has 0 aromatic rings. The Balaban J connectivity index is 0.00000625. The van der Waals surface area contributed by atoms with Crippen molar-refractivity contribution in [2.45, 2.75) is 82.5 Å². The van der Waals surface area contributed by atoms with Gasteiger partial charge in [0.1, 0.15) is 21.5 Å². The number of sulfone groups is 1. The molecule has 0 aromatic carbocycles. The van der Waals surface area contributed by atoms with Crippen LogP contribution in [-0.4, -0.2) is 50.2 Å². The number of ether oxygens (including phenoxy) is 1. The van der Waals surface area contributed by atoms with Gasteiger partial charge >= 0.3 is 35.5 Å². The number of carbonyl (C=O) groups excluding carboxylic acids is 1. The average molecular weight is 421 g/mol. The summed E-state index contributed by atoms with van der Waals surface area (Å²) in [6.45, 7) is 2.18.